The summed E-state index contributed by atoms with van der Waals surface area (Å²) in [6, 6.07) is -5.54. The molecule has 0 aromatic rings. The lowest BCUT2D eigenvalue weighted by atomic mass is 10.1. The first-order valence-corrected chi connectivity index (χ1v) is 9.08. The molecule has 5 unspecified atom stereocenters. The number of aliphatic hydroxyl groups is 3. The molecule has 11 N–H and O–H groups in total. The fourth-order valence-electron chi connectivity index (χ4n) is 2.17. The predicted molar refractivity (Wildman–Crippen MR) is 100 cm³/mol. The molecule has 0 radical (unpaired) electrons. The molecule has 0 spiro atoms. The molecule has 13 heteroatoms. The monoisotopic (exact) mass is 421 g/mol. The highest BCUT2D eigenvalue weighted by atomic mass is 16.4. The van der Waals surface area contributed by atoms with Gasteiger partial charge < -0.3 is 47.8 Å². The number of unbranched alkanes of at least 4 members (excludes halogenated alkanes) is 1. The summed E-state index contributed by atoms with van der Waals surface area (Å²) in [6.45, 7) is -0.0495. The minimum absolute atomic E-state index is 0.103. The summed E-state index contributed by atoms with van der Waals surface area (Å²) in [5, 5.41) is 43.2. The van der Waals surface area contributed by atoms with Crippen LogP contribution in [0.4, 0.5) is 0 Å². The van der Waals surface area contributed by atoms with Crippen LogP contribution < -0.4 is 27.4 Å². The molecule has 5 atom stereocenters. The van der Waals surface area contributed by atoms with Crippen LogP contribution in [0.2, 0.25) is 0 Å². The number of carbonyl (C=O) groups excluding carboxylic acids is 3. The van der Waals surface area contributed by atoms with Crippen LogP contribution in [0.3, 0.4) is 0 Å². The second kappa shape index (κ2) is 13.8. The molecule has 0 aliphatic carbocycles. The number of carbonyl (C=O) groups is 4. The second-order valence-electron chi connectivity index (χ2n) is 6.44. The summed E-state index contributed by atoms with van der Waals surface area (Å²) in [7, 11) is 0. The minimum Gasteiger partial charge on any atom is -0.480 e. The van der Waals surface area contributed by atoms with E-state index in [1.54, 1.807) is 0 Å². The number of hydrogen-bond acceptors (Lipinski definition) is 9. The Balaban J connectivity index is 5.17. The zero-order chi connectivity index (χ0) is 22.6. The number of carboxylic acid groups (broad SMARTS) is 1. The fraction of sp³-hybridized carbons (Fsp3) is 0.750. The van der Waals surface area contributed by atoms with E-state index in [0.717, 1.165) is 0 Å². The van der Waals surface area contributed by atoms with Crippen LogP contribution in [0.5, 0.6) is 0 Å². The number of aliphatic hydroxyl groups excluding tert-OH is 3. The van der Waals surface area contributed by atoms with Crippen LogP contribution in [0.25, 0.3) is 0 Å². The van der Waals surface area contributed by atoms with Gasteiger partial charge in [-0.25, -0.2) is 4.79 Å². The van der Waals surface area contributed by atoms with Crippen LogP contribution in [0.15, 0.2) is 0 Å². The van der Waals surface area contributed by atoms with Crippen molar-refractivity contribution in [2.24, 2.45) is 11.5 Å². The summed E-state index contributed by atoms with van der Waals surface area (Å²) in [5.41, 5.74) is 10.9. The topological polar surface area (TPSA) is 237 Å². The second-order valence-corrected chi connectivity index (χ2v) is 6.44. The third-order valence-corrected chi connectivity index (χ3v) is 4.02. The quantitative estimate of drug-likeness (QED) is 0.121. The van der Waals surface area contributed by atoms with Gasteiger partial charge in [0.1, 0.15) is 24.2 Å². The summed E-state index contributed by atoms with van der Waals surface area (Å²) in [4.78, 5) is 47.6. The summed E-state index contributed by atoms with van der Waals surface area (Å²) in [5.74, 6) is -4.12. The van der Waals surface area contributed by atoms with E-state index in [4.69, 9.17) is 21.7 Å². The number of nitrogens with one attached hydrogen (secondary N) is 3. The SMILES string of the molecule is CC(O)C(N)C(=O)NC(CO)C(=O)NC(CCCCN)C(=O)NC(CO)C(=O)O. The van der Waals surface area contributed by atoms with Crippen LogP contribution in [0.1, 0.15) is 26.2 Å². The zero-order valence-electron chi connectivity index (χ0n) is 16.2. The van der Waals surface area contributed by atoms with Gasteiger partial charge in [0, 0.05) is 0 Å². The molecule has 0 fully saturated rings. The molecule has 0 aromatic heterocycles. The Hall–Kier alpha value is -2.32. The van der Waals surface area contributed by atoms with Gasteiger partial charge in [0.15, 0.2) is 0 Å². The van der Waals surface area contributed by atoms with Crippen molar-refractivity contribution in [2.45, 2.75) is 56.5 Å². The van der Waals surface area contributed by atoms with Gasteiger partial charge in [-0.3, -0.25) is 14.4 Å². The number of amides is 3. The van der Waals surface area contributed by atoms with E-state index in [-0.39, 0.29) is 6.42 Å². The van der Waals surface area contributed by atoms with Crippen molar-refractivity contribution in [1.29, 1.82) is 0 Å². The van der Waals surface area contributed by atoms with Crippen molar-refractivity contribution < 1.29 is 39.6 Å². The largest absolute Gasteiger partial charge is 0.480 e. The Morgan fingerprint density at radius 1 is 0.862 bits per heavy atom. The Bertz CT molecular complexity index is 559. The number of rotatable bonds is 14. The van der Waals surface area contributed by atoms with Gasteiger partial charge in [-0.1, -0.05) is 0 Å². The van der Waals surface area contributed by atoms with Crippen LogP contribution in [-0.4, -0.2) is 94.1 Å². The van der Waals surface area contributed by atoms with Gasteiger partial charge >= 0.3 is 5.97 Å². The molecule has 0 rings (SSSR count). The summed E-state index contributed by atoms with van der Waals surface area (Å²) in [6.07, 6.45) is -0.134. The maximum atomic E-state index is 12.4. The highest BCUT2D eigenvalue weighted by molar-refractivity contribution is 5.94. The van der Waals surface area contributed by atoms with Crippen molar-refractivity contribution in [3.63, 3.8) is 0 Å². The summed E-state index contributed by atoms with van der Waals surface area (Å²) >= 11 is 0. The van der Waals surface area contributed by atoms with Gasteiger partial charge in [0.25, 0.3) is 0 Å². The molecule has 168 valence electrons. The van der Waals surface area contributed by atoms with E-state index in [1.807, 2.05) is 0 Å². The third-order valence-electron chi connectivity index (χ3n) is 4.02. The van der Waals surface area contributed by atoms with Gasteiger partial charge in [-0.2, -0.15) is 0 Å². The van der Waals surface area contributed by atoms with Crippen molar-refractivity contribution in [3.8, 4) is 0 Å². The normalized spacial score (nSPS) is 16.1. The minimum atomic E-state index is -1.56. The molecule has 3 amide bonds. The molecule has 0 aliphatic heterocycles. The Kier molecular flexibility index (Phi) is 12.7. The molecule has 29 heavy (non-hydrogen) atoms. The number of hydrogen-bond donors (Lipinski definition) is 9. The third kappa shape index (κ3) is 9.62. The van der Waals surface area contributed by atoms with E-state index >= 15 is 0 Å². The highest BCUT2D eigenvalue weighted by Crippen LogP contribution is 2.03. The van der Waals surface area contributed by atoms with Gasteiger partial charge in [0.05, 0.1) is 19.3 Å². The molecule has 0 aromatic carbocycles. The standard InChI is InChI=1S/C16H31N5O8/c1-8(24)12(18)15(27)20-10(6-22)14(26)19-9(4-2-3-5-17)13(25)21-11(7-23)16(28)29/h8-12,22-24H,2-7,17-18H2,1H3,(H,19,26)(H,20,27)(H,21,25)(H,28,29). The van der Waals surface area contributed by atoms with E-state index in [0.29, 0.717) is 19.4 Å². The average molecular weight is 421 g/mol. The first-order valence-electron chi connectivity index (χ1n) is 9.08. The number of aliphatic carboxylic acids is 1. The number of carboxylic acids is 1. The van der Waals surface area contributed by atoms with Crippen molar-refractivity contribution in [1.82, 2.24) is 16.0 Å². The molecule has 0 saturated carbocycles. The summed E-state index contributed by atoms with van der Waals surface area (Å²) < 4.78 is 0. The smallest absolute Gasteiger partial charge is 0.328 e. The van der Waals surface area contributed by atoms with Crippen molar-refractivity contribution in [3.05, 3.63) is 0 Å². The van der Waals surface area contributed by atoms with Crippen molar-refractivity contribution >= 4 is 23.7 Å². The van der Waals surface area contributed by atoms with Crippen LogP contribution in [0, 0.1) is 0 Å². The first kappa shape index (κ1) is 26.7. The Morgan fingerprint density at radius 2 is 1.34 bits per heavy atom. The average Bonchev–Trinajstić information content (AvgIpc) is 2.67. The molecule has 0 bridgehead atoms. The van der Waals surface area contributed by atoms with Gasteiger partial charge in [-0.15, -0.1) is 0 Å². The first-order chi connectivity index (χ1) is 13.6. The maximum Gasteiger partial charge on any atom is 0.328 e. The lowest BCUT2D eigenvalue weighted by molar-refractivity contribution is -0.143. The molecular formula is C16H31N5O8. The van der Waals surface area contributed by atoms with Gasteiger partial charge in [-0.05, 0) is 32.7 Å². The molecule has 0 saturated heterocycles. The number of nitrogens with two attached hydrogens (primary N) is 2. The molecule has 13 nitrogen and oxygen atoms in total. The van der Waals surface area contributed by atoms with E-state index in [2.05, 4.69) is 16.0 Å². The highest BCUT2D eigenvalue weighted by Gasteiger charge is 2.30. The molecule has 0 heterocycles. The fourth-order valence-corrected chi connectivity index (χ4v) is 2.17. The van der Waals surface area contributed by atoms with Crippen LogP contribution >= 0.6 is 0 Å². The predicted octanol–water partition coefficient (Wildman–Crippen LogP) is -4.65. The Morgan fingerprint density at radius 3 is 1.79 bits per heavy atom. The maximum absolute atomic E-state index is 12.4. The lowest BCUT2D eigenvalue weighted by Crippen LogP contribution is -2.59. The van der Waals surface area contributed by atoms with Crippen molar-refractivity contribution in [2.75, 3.05) is 19.8 Å². The van der Waals surface area contributed by atoms with E-state index in [1.165, 1.54) is 6.92 Å². The van der Waals surface area contributed by atoms with Gasteiger partial charge in [0.2, 0.25) is 17.7 Å². The van der Waals surface area contributed by atoms with E-state index in [9.17, 15) is 29.4 Å². The molecular weight excluding hydrogens is 390 g/mol. The Labute approximate surface area is 167 Å². The van der Waals surface area contributed by atoms with E-state index < -0.39 is 67.2 Å². The lowest BCUT2D eigenvalue weighted by Gasteiger charge is -2.24. The van der Waals surface area contributed by atoms with Crippen LogP contribution in [-0.2, 0) is 19.2 Å². The zero-order valence-corrected chi connectivity index (χ0v) is 16.2. The molecule has 0 aliphatic rings.